The highest BCUT2D eigenvalue weighted by molar-refractivity contribution is 9.10. The molecule has 0 aliphatic heterocycles. The van der Waals surface area contributed by atoms with Gasteiger partial charge in [-0.1, -0.05) is 103 Å². The molecule has 1 atom stereocenters. The second-order valence-electron chi connectivity index (χ2n) is 8.81. The number of anilines is 1. The van der Waals surface area contributed by atoms with E-state index in [2.05, 4.69) is 52.4 Å². The quantitative estimate of drug-likeness (QED) is 0.178. The van der Waals surface area contributed by atoms with E-state index in [1.165, 1.54) is 0 Å². The van der Waals surface area contributed by atoms with E-state index in [0.29, 0.717) is 23.6 Å². The number of hydrogen-bond acceptors (Lipinski definition) is 3. The molecule has 0 heterocycles. The molecule has 1 aliphatic rings. The van der Waals surface area contributed by atoms with Crippen LogP contribution in [0, 0.1) is 5.92 Å². The van der Waals surface area contributed by atoms with Gasteiger partial charge in [0.15, 0.2) is 5.76 Å². The van der Waals surface area contributed by atoms with Gasteiger partial charge in [-0.05, 0) is 55.4 Å². The Hall–Kier alpha value is -1.78. The van der Waals surface area contributed by atoms with Crippen molar-refractivity contribution in [1.82, 2.24) is 0 Å². The molecular formula is C28H35BrClNO2. The fraction of sp³-hybridized carbons (Fsp3) is 0.464. The first-order chi connectivity index (χ1) is 16.0. The van der Waals surface area contributed by atoms with E-state index in [1.807, 2.05) is 37.3 Å². The third kappa shape index (κ3) is 6.42. The number of hydrogen-bond donors (Lipinski definition) is 1. The van der Waals surface area contributed by atoms with E-state index < -0.39 is 5.54 Å². The smallest absolute Gasteiger partial charge is 0.310 e. The summed E-state index contributed by atoms with van der Waals surface area (Å²) < 4.78 is 7.21. The Kier molecular flexibility index (Phi) is 9.88. The molecule has 0 radical (unpaired) electrons. The summed E-state index contributed by atoms with van der Waals surface area (Å²) in [6.45, 7) is 4.14. The lowest BCUT2D eigenvalue weighted by Gasteiger charge is -2.43. The molecule has 2 aromatic carbocycles. The molecule has 1 N–H and O–H groups in total. The van der Waals surface area contributed by atoms with Gasteiger partial charge in [0.25, 0.3) is 0 Å². The lowest BCUT2D eigenvalue weighted by atomic mass is 9.74. The van der Waals surface area contributed by atoms with Gasteiger partial charge in [-0.3, -0.25) is 4.79 Å². The van der Waals surface area contributed by atoms with Crippen molar-refractivity contribution >= 4 is 39.2 Å². The molecule has 1 fully saturated rings. The predicted molar refractivity (Wildman–Crippen MR) is 141 cm³/mol. The summed E-state index contributed by atoms with van der Waals surface area (Å²) in [5.74, 6) is 0.600. The molecule has 0 spiro atoms. The molecule has 1 aliphatic carbocycles. The van der Waals surface area contributed by atoms with Crippen LogP contribution in [0.1, 0.15) is 77.2 Å². The SMILES string of the molecule is CCCCCC(=O)OC(=C(Cl)CC)C(Nc1cccc(Br)c1)(c1ccccc1)C1CCCC1. The van der Waals surface area contributed by atoms with Gasteiger partial charge in [0.2, 0.25) is 0 Å². The van der Waals surface area contributed by atoms with Crippen LogP contribution in [0.5, 0.6) is 0 Å². The highest BCUT2D eigenvalue weighted by Gasteiger charge is 2.48. The monoisotopic (exact) mass is 531 g/mol. The van der Waals surface area contributed by atoms with Gasteiger partial charge in [-0.15, -0.1) is 0 Å². The Bertz CT molecular complexity index is 940. The van der Waals surface area contributed by atoms with E-state index in [1.54, 1.807) is 0 Å². The van der Waals surface area contributed by atoms with Crippen molar-refractivity contribution in [3.8, 4) is 0 Å². The fourth-order valence-corrected chi connectivity index (χ4v) is 5.42. The number of esters is 1. The van der Waals surface area contributed by atoms with Gasteiger partial charge in [0, 0.05) is 16.6 Å². The van der Waals surface area contributed by atoms with Crippen LogP contribution in [0.15, 0.2) is 69.9 Å². The Morgan fingerprint density at radius 1 is 1.09 bits per heavy atom. The number of nitrogens with one attached hydrogen (secondary N) is 1. The van der Waals surface area contributed by atoms with Crippen LogP contribution >= 0.6 is 27.5 Å². The number of ether oxygens (including phenoxy) is 1. The van der Waals surface area contributed by atoms with Crippen LogP contribution in [0.3, 0.4) is 0 Å². The molecule has 3 rings (SSSR count). The van der Waals surface area contributed by atoms with E-state index in [0.717, 1.165) is 60.7 Å². The molecule has 1 unspecified atom stereocenters. The number of halogens is 2. The Morgan fingerprint density at radius 2 is 1.82 bits per heavy atom. The zero-order valence-electron chi connectivity index (χ0n) is 19.7. The summed E-state index contributed by atoms with van der Waals surface area (Å²) in [6, 6.07) is 18.5. The summed E-state index contributed by atoms with van der Waals surface area (Å²) in [7, 11) is 0. The number of rotatable bonds is 11. The predicted octanol–water partition coefficient (Wildman–Crippen LogP) is 8.93. The molecule has 0 aromatic heterocycles. The molecule has 3 nitrogen and oxygen atoms in total. The maximum Gasteiger partial charge on any atom is 0.310 e. The highest BCUT2D eigenvalue weighted by atomic mass is 79.9. The van der Waals surface area contributed by atoms with Gasteiger partial charge >= 0.3 is 5.97 Å². The lowest BCUT2D eigenvalue weighted by molar-refractivity contribution is -0.141. The second kappa shape index (κ2) is 12.6. The van der Waals surface area contributed by atoms with Gasteiger partial charge in [-0.25, -0.2) is 0 Å². The number of carbonyl (C=O) groups excluding carboxylic acids is 1. The van der Waals surface area contributed by atoms with Crippen molar-refractivity contribution in [2.45, 2.75) is 77.2 Å². The zero-order valence-corrected chi connectivity index (χ0v) is 22.1. The van der Waals surface area contributed by atoms with Crippen molar-refractivity contribution in [3.05, 3.63) is 75.4 Å². The van der Waals surface area contributed by atoms with Crippen molar-refractivity contribution in [2.75, 3.05) is 5.32 Å². The first-order valence-corrected chi connectivity index (χ1v) is 13.4. The highest BCUT2D eigenvalue weighted by Crippen LogP contribution is 2.49. The molecule has 2 aromatic rings. The van der Waals surface area contributed by atoms with Gasteiger partial charge in [0.1, 0.15) is 5.54 Å². The van der Waals surface area contributed by atoms with Gasteiger partial charge in [0.05, 0.1) is 5.03 Å². The average Bonchev–Trinajstić information content (AvgIpc) is 3.37. The standard InChI is InChI=1S/C28H35BrClNO2/c1-3-5-7-19-26(32)33-27(25(30)4-2)28(22-15-10-11-16-22,21-13-8-6-9-14-21)31-24-18-12-17-23(29)20-24/h6,8-9,12-14,17-18,20,22,31H,3-5,7,10-11,15-16,19H2,1-2H3. The number of benzene rings is 2. The molecule has 178 valence electrons. The average molecular weight is 533 g/mol. The minimum absolute atomic E-state index is 0.209. The van der Waals surface area contributed by atoms with Crippen LogP contribution in [0.2, 0.25) is 0 Å². The van der Waals surface area contributed by atoms with E-state index in [-0.39, 0.29) is 11.9 Å². The van der Waals surface area contributed by atoms with Crippen molar-refractivity contribution in [2.24, 2.45) is 5.92 Å². The van der Waals surface area contributed by atoms with Crippen LogP contribution in [-0.2, 0) is 15.1 Å². The van der Waals surface area contributed by atoms with Gasteiger partial charge in [-0.2, -0.15) is 0 Å². The molecule has 33 heavy (non-hydrogen) atoms. The topological polar surface area (TPSA) is 38.3 Å². The van der Waals surface area contributed by atoms with Gasteiger partial charge < -0.3 is 10.1 Å². The zero-order chi connectivity index (χ0) is 23.7. The summed E-state index contributed by atoms with van der Waals surface area (Å²) in [5.41, 5.74) is 1.30. The molecule has 1 saturated carbocycles. The Labute approximate surface area is 212 Å². The third-order valence-corrected chi connectivity index (χ3v) is 7.41. The minimum Gasteiger partial charge on any atom is -0.427 e. The van der Waals surface area contributed by atoms with E-state index in [4.69, 9.17) is 16.3 Å². The minimum atomic E-state index is -0.730. The molecule has 0 bridgehead atoms. The number of carbonyl (C=O) groups is 1. The number of allylic oxidation sites excluding steroid dienone is 1. The van der Waals surface area contributed by atoms with Crippen LogP contribution in [0.4, 0.5) is 5.69 Å². The molecule has 5 heteroatoms. The number of unbranched alkanes of at least 4 members (excludes halogenated alkanes) is 2. The first kappa shape index (κ1) is 25.8. The van der Waals surface area contributed by atoms with Crippen LogP contribution < -0.4 is 5.32 Å². The normalized spacial score (nSPS) is 16.7. The first-order valence-electron chi connectivity index (χ1n) is 12.2. The molecule has 0 saturated heterocycles. The fourth-order valence-electron chi connectivity index (χ4n) is 4.83. The maximum atomic E-state index is 13.0. The van der Waals surface area contributed by atoms with Crippen LogP contribution in [-0.4, -0.2) is 5.97 Å². The lowest BCUT2D eigenvalue weighted by Crippen LogP contribution is -2.45. The van der Waals surface area contributed by atoms with Crippen molar-refractivity contribution in [3.63, 3.8) is 0 Å². The summed E-state index contributed by atoms with van der Waals surface area (Å²) >= 11 is 10.5. The Morgan fingerprint density at radius 3 is 2.45 bits per heavy atom. The second-order valence-corrected chi connectivity index (χ2v) is 10.2. The third-order valence-electron chi connectivity index (χ3n) is 6.48. The van der Waals surface area contributed by atoms with Crippen molar-refractivity contribution < 1.29 is 9.53 Å². The van der Waals surface area contributed by atoms with Crippen LogP contribution in [0.25, 0.3) is 0 Å². The van der Waals surface area contributed by atoms with E-state index >= 15 is 0 Å². The maximum absolute atomic E-state index is 13.0. The van der Waals surface area contributed by atoms with E-state index in [9.17, 15) is 4.79 Å². The summed E-state index contributed by atoms with van der Waals surface area (Å²) in [4.78, 5) is 13.0. The summed E-state index contributed by atoms with van der Waals surface area (Å²) in [5, 5.41) is 4.42. The molecule has 0 amide bonds. The Balaban J connectivity index is 2.16. The van der Waals surface area contributed by atoms with Crippen molar-refractivity contribution in [1.29, 1.82) is 0 Å². The summed E-state index contributed by atoms with van der Waals surface area (Å²) in [6.07, 6.45) is 8.29. The largest absolute Gasteiger partial charge is 0.427 e. The molecular weight excluding hydrogens is 498 g/mol.